The predicted molar refractivity (Wildman–Crippen MR) is 81.0 cm³/mol. The highest BCUT2D eigenvalue weighted by atomic mass is 32.1. The smallest absolute Gasteiger partial charge is 0.277 e. The topological polar surface area (TPSA) is 100 Å². The van der Waals surface area contributed by atoms with E-state index in [2.05, 4.69) is 25.4 Å². The molecule has 2 aromatic rings. The number of aromatic nitrogens is 3. The van der Waals surface area contributed by atoms with Crippen molar-refractivity contribution in [1.82, 2.24) is 20.1 Å². The van der Waals surface area contributed by atoms with Crippen molar-refractivity contribution in [3.05, 3.63) is 39.3 Å². The van der Waals surface area contributed by atoms with Crippen LogP contribution in [0.4, 0.5) is 5.13 Å². The van der Waals surface area contributed by atoms with Crippen LogP contribution in [-0.4, -0.2) is 52.3 Å². The van der Waals surface area contributed by atoms with Gasteiger partial charge in [-0.2, -0.15) is 5.10 Å². The SMILES string of the molecule is O=C(Nc1nc(CN2CCOCC2)cs1)c1ccc(=O)[nH]n1. The first kappa shape index (κ1) is 14.8. The average molecular weight is 321 g/mol. The zero-order valence-corrected chi connectivity index (χ0v) is 12.6. The zero-order valence-electron chi connectivity index (χ0n) is 11.7. The van der Waals surface area contributed by atoms with Gasteiger partial charge in [0.2, 0.25) is 0 Å². The Hall–Kier alpha value is -2.10. The minimum atomic E-state index is -0.400. The van der Waals surface area contributed by atoms with Crippen molar-refractivity contribution in [1.29, 1.82) is 0 Å². The summed E-state index contributed by atoms with van der Waals surface area (Å²) in [4.78, 5) is 29.5. The van der Waals surface area contributed by atoms with E-state index in [9.17, 15) is 9.59 Å². The maximum atomic E-state index is 12.0. The molecule has 9 heteroatoms. The molecule has 0 spiro atoms. The fourth-order valence-electron chi connectivity index (χ4n) is 2.06. The highest BCUT2D eigenvalue weighted by molar-refractivity contribution is 7.13. The van der Waals surface area contributed by atoms with Gasteiger partial charge in [-0.05, 0) is 6.07 Å². The van der Waals surface area contributed by atoms with Gasteiger partial charge in [-0.1, -0.05) is 0 Å². The minimum Gasteiger partial charge on any atom is -0.379 e. The van der Waals surface area contributed by atoms with Gasteiger partial charge in [-0.15, -0.1) is 11.3 Å². The molecule has 3 heterocycles. The van der Waals surface area contributed by atoms with Crippen LogP contribution in [0, 0.1) is 0 Å². The van der Waals surface area contributed by atoms with Crippen molar-refractivity contribution >= 4 is 22.4 Å². The lowest BCUT2D eigenvalue weighted by atomic mass is 10.3. The molecule has 0 saturated carbocycles. The summed E-state index contributed by atoms with van der Waals surface area (Å²) in [5, 5.41) is 11.0. The fraction of sp³-hybridized carbons (Fsp3) is 0.385. The predicted octanol–water partition coefficient (Wildman–Crippen LogP) is 0.311. The zero-order chi connectivity index (χ0) is 15.4. The van der Waals surface area contributed by atoms with Gasteiger partial charge >= 0.3 is 0 Å². The van der Waals surface area contributed by atoms with Crippen molar-refractivity contribution in [3.8, 4) is 0 Å². The van der Waals surface area contributed by atoms with Crippen LogP contribution in [0.1, 0.15) is 16.2 Å². The number of aromatic amines is 1. The molecule has 2 aromatic heterocycles. The van der Waals surface area contributed by atoms with Gasteiger partial charge < -0.3 is 4.74 Å². The highest BCUT2D eigenvalue weighted by Crippen LogP contribution is 2.17. The first-order chi connectivity index (χ1) is 10.7. The van der Waals surface area contributed by atoms with Crippen LogP contribution in [0.3, 0.4) is 0 Å². The van der Waals surface area contributed by atoms with Crippen molar-refractivity contribution in [2.75, 3.05) is 31.6 Å². The number of morpholine rings is 1. The number of thiazole rings is 1. The van der Waals surface area contributed by atoms with Crippen molar-refractivity contribution < 1.29 is 9.53 Å². The van der Waals surface area contributed by atoms with E-state index in [-0.39, 0.29) is 11.3 Å². The normalized spacial score (nSPS) is 15.6. The molecule has 1 amide bonds. The van der Waals surface area contributed by atoms with Crippen LogP contribution in [0.25, 0.3) is 0 Å². The Morgan fingerprint density at radius 3 is 2.95 bits per heavy atom. The molecule has 1 aliphatic rings. The van der Waals surface area contributed by atoms with Crippen molar-refractivity contribution in [2.45, 2.75) is 6.54 Å². The Bertz CT molecular complexity index is 687. The summed E-state index contributed by atoms with van der Waals surface area (Å²) in [6, 6.07) is 2.63. The lowest BCUT2D eigenvalue weighted by Crippen LogP contribution is -2.35. The molecule has 1 saturated heterocycles. The summed E-state index contributed by atoms with van der Waals surface area (Å²) in [6.45, 7) is 4.00. The number of hydrogen-bond donors (Lipinski definition) is 2. The van der Waals surface area contributed by atoms with Crippen LogP contribution in [-0.2, 0) is 11.3 Å². The summed E-state index contributed by atoms with van der Waals surface area (Å²) < 4.78 is 5.30. The molecule has 0 aliphatic carbocycles. The number of hydrogen-bond acceptors (Lipinski definition) is 7. The second-order valence-electron chi connectivity index (χ2n) is 4.79. The Balaban J connectivity index is 1.60. The van der Waals surface area contributed by atoms with Crippen LogP contribution < -0.4 is 10.9 Å². The molecular formula is C13H15N5O3S. The van der Waals surface area contributed by atoms with Gasteiger partial charge in [-0.3, -0.25) is 19.8 Å². The lowest BCUT2D eigenvalue weighted by Gasteiger charge is -2.25. The van der Waals surface area contributed by atoms with E-state index >= 15 is 0 Å². The van der Waals surface area contributed by atoms with E-state index in [1.54, 1.807) is 0 Å². The number of ether oxygens (including phenoxy) is 1. The molecule has 3 rings (SSSR count). The number of H-pyrrole nitrogens is 1. The van der Waals surface area contributed by atoms with Crippen LogP contribution in [0.5, 0.6) is 0 Å². The fourth-order valence-corrected chi connectivity index (χ4v) is 2.75. The summed E-state index contributed by atoms with van der Waals surface area (Å²) in [5.41, 5.74) is 0.708. The molecule has 0 atom stereocenters. The standard InChI is InChI=1S/C13H15N5O3S/c19-11-2-1-10(16-17-11)12(20)15-13-14-9(8-22-13)7-18-3-5-21-6-4-18/h1-2,8H,3-7H2,(H,17,19)(H,14,15,20). The van der Waals surface area contributed by atoms with E-state index in [1.165, 1.54) is 23.5 Å². The van der Waals surface area contributed by atoms with E-state index < -0.39 is 5.91 Å². The van der Waals surface area contributed by atoms with Gasteiger partial charge in [0.1, 0.15) is 5.69 Å². The third-order valence-corrected chi connectivity index (χ3v) is 3.98. The molecule has 2 N–H and O–H groups in total. The van der Waals surface area contributed by atoms with Crippen molar-refractivity contribution in [2.24, 2.45) is 0 Å². The molecule has 116 valence electrons. The largest absolute Gasteiger partial charge is 0.379 e. The minimum absolute atomic E-state index is 0.143. The summed E-state index contributed by atoms with van der Waals surface area (Å²) >= 11 is 1.36. The number of nitrogens with zero attached hydrogens (tertiary/aromatic N) is 3. The molecule has 8 nitrogen and oxygen atoms in total. The number of amides is 1. The summed E-state index contributed by atoms with van der Waals surface area (Å²) in [5.74, 6) is -0.400. The summed E-state index contributed by atoms with van der Waals surface area (Å²) in [6.07, 6.45) is 0. The van der Waals surface area contributed by atoms with E-state index in [1.807, 2.05) is 5.38 Å². The molecule has 0 aromatic carbocycles. The molecule has 1 fully saturated rings. The lowest BCUT2D eigenvalue weighted by molar-refractivity contribution is 0.0337. The first-order valence-corrected chi connectivity index (χ1v) is 7.70. The molecular weight excluding hydrogens is 306 g/mol. The third kappa shape index (κ3) is 3.75. The van der Waals surface area contributed by atoms with Gasteiger partial charge in [0, 0.05) is 31.1 Å². The number of anilines is 1. The van der Waals surface area contributed by atoms with Crippen LogP contribution >= 0.6 is 11.3 Å². The maximum absolute atomic E-state index is 12.0. The molecule has 1 aliphatic heterocycles. The van der Waals surface area contributed by atoms with Gasteiger partial charge in [0.25, 0.3) is 11.5 Å². The highest BCUT2D eigenvalue weighted by Gasteiger charge is 2.14. The summed E-state index contributed by atoms with van der Waals surface area (Å²) in [7, 11) is 0. The Morgan fingerprint density at radius 2 is 2.23 bits per heavy atom. The average Bonchev–Trinajstić information content (AvgIpc) is 2.96. The number of rotatable bonds is 4. The first-order valence-electron chi connectivity index (χ1n) is 6.82. The second-order valence-corrected chi connectivity index (χ2v) is 5.65. The van der Waals surface area contributed by atoms with E-state index in [0.717, 1.165) is 38.5 Å². The van der Waals surface area contributed by atoms with Crippen LogP contribution in [0.2, 0.25) is 0 Å². The quantitative estimate of drug-likeness (QED) is 0.841. The van der Waals surface area contributed by atoms with Gasteiger partial charge in [0.05, 0.1) is 18.9 Å². The monoisotopic (exact) mass is 321 g/mol. The Morgan fingerprint density at radius 1 is 1.41 bits per heavy atom. The third-order valence-electron chi connectivity index (χ3n) is 3.17. The molecule has 0 radical (unpaired) electrons. The van der Waals surface area contributed by atoms with E-state index in [0.29, 0.717) is 5.13 Å². The molecule has 0 unspecified atom stereocenters. The second kappa shape index (κ2) is 6.77. The number of nitrogens with one attached hydrogen (secondary N) is 2. The van der Waals surface area contributed by atoms with Crippen molar-refractivity contribution in [3.63, 3.8) is 0 Å². The van der Waals surface area contributed by atoms with Crippen LogP contribution in [0.15, 0.2) is 22.3 Å². The molecule has 0 bridgehead atoms. The van der Waals surface area contributed by atoms with Gasteiger partial charge in [-0.25, -0.2) is 10.1 Å². The number of carbonyl (C=O) groups is 1. The number of carbonyl (C=O) groups excluding carboxylic acids is 1. The Labute approximate surface area is 130 Å². The maximum Gasteiger partial charge on any atom is 0.277 e. The van der Waals surface area contributed by atoms with E-state index in [4.69, 9.17) is 4.74 Å². The molecule has 22 heavy (non-hydrogen) atoms. The van der Waals surface area contributed by atoms with Gasteiger partial charge in [0.15, 0.2) is 5.13 Å². The Kier molecular flexibility index (Phi) is 4.56.